The van der Waals surface area contributed by atoms with E-state index in [0.29, 0.717) is 23.7 Å². The number of amides is 1. The van der Waals surface area contributed by atoms with Gasteiger partial charge in [0.2, 0.25) is 0 Å². The second-order valence-corrected chi connectivity index (χ2v) is 7.37. The number of ether oxygens (including phenoxy) is 1. The summed E-state index contributed by atoms with van der Waals surface area (Å²) in [5.41, 5.74) is 2.61. The van der Waals surface area contributed by atoms with Gasteiger partial charge in [-0.1, -0.05) is 12.1 Å². The third-order valence-corrected chi connectivity index (χ3v) is 5.72. The normalized spacial score (nSPS) is 22.6. The van der Waals surface area contributed by atoms with E-state index < -0.39 is 0 Å². The number of pyridine rings is 1. The van der Waals surface area contributed by atoms with Gasteiger partial charge in [0.1, 0.15) is 5.75 Å². The summed E-state index contributed by atoms with van der Waals surface area (Å²) in [4.78, 5) is 19.2. The van der Waals surface area contributed by atoms with Crippen molar-refractivity contribution in [3.05, 3.63) is 48.3 Å². The maximum Gasteiger partial charge on any atom is 0.255 e. The summed E-state index contributed by atoms with van der Waals surface area (Å²) in [5.74, 6) is 0.869. The Morgan fingerprint density at radius 2 is 1.71 bits per heavy atom. The van der Waals surface area contributed by atoms with Gasteiger partial charge in [-0.15, -0.1) is 24.8 Å². The van der Waals surface area contributed by atoms with Gasteiger partial charge in [-0.2, -0.15) is 0 Å². The molecule has 2 aliphatic heterocycles. The van der Waals surface area contributed by atoms with E-state index >= 15 is 0 Å². The molecule has 2 unspecified atom stereocenters. The predicted octanol–water partition coefficient (Wildman–Crippen LogP) is 3.96. The van der Waals surface area contributed by atoms with Crippen LogP contribution in [0.25, 0.3) is 11.1 Å². The zero-order valence-corrected chi connectivity index (χ0v) is 17.8. The second kappa shape index (κ2) is 9.59. The minimum absolute atomic E-state index is 0. The van der Waals surface area contributed by atoms with Gasteiger partial charge in [0.15, 0.2) is 0 Å². The topological polar surface area (TPSA) is 54.5 Å². The number of halogens is 2. The van der Waals surface area contributed by atoms with Gasteiger partial charge in [-0.3, -0.25) is 9.78 Å². The van der Waals surface area contributed by atoms with Crippen molar-refractivity contribution in [3.63, 3.8) is 0 Å². The van der Waals surface area contributed by atoms with E-state index in [1.807, 2.05) is 42.3 Å². The van der Waals surface area contributed by atoms with Crippen LogP contribution < -0.4 is 10.1 Å². The zero-order chi connectivity index (χ0) is 18.1. The molecule has 152 valence electrons. The SMILES string of the molecule is COc1ccc(-c2cncc(C(=O)N(C)C3CC4CCC(C3)N4)c2)cc1.Cl.Cl. The summed E-state index contributed by atoms with van der Waals surface area (Å²) in [7, 11) is 3.58. The highest BCUT2D eigenvalue weighted by Gasteiger charge is 2.36. The van der Waals surface area contributed by atoms with Crippen LogP contribution in [0.15, 0.2) is 42.7 Å². The smallest absolute Gasteiger partial charge is 0.255 e. The number of hydrogen-bond acceptors (Lipinski definition) is 4. The standard InChI is InChI=1S/C21H25N3O2.2ClH/c1-24(19-10-17-5-6-18(11-19)23-17)21(25)16-9-15(12-22-13-16)14-3-7-20(26-2)8-4-14;;/h3-4,7-9,12-13,17-19,23H,5-6,10-11H2,1-2H3;2*1H. The van der Waals surface area contributed by atoms with E-state index in [9.17, 15) is 4.79 Å². The number of nitrogens with zero attached hydrogens (tertiary/aromatic N) is 2. The Kier molecular flexibility index (Phi) is 7.70. The Balaban J connectivity index is 0.00000140. The molecule has 2 aliphatic rings. The molecule has 2 bridgehead atoms. The van der Waals surface area contributed by atoms with Crippen LogP contribution in [0.4, 0.5) is 0 Å². The van der Waals surface area contributed by atoms with Gasteiger partial charge < -0.3 is 15.0 Å². The first-order valence-electron chi connectivity index (χ1n) is 9.26. The van der Waals surface area contributed by atoms with Crippen LogP contribution in [-0.2, 0) is 0 Å². The van der Waals surface area contributed by atoms with Crippen molar-refractivity contribution >= 4 is 30.7 Å². The maximum absolute atomic E-state index is 13.0. The average Bonchev–Trinajstić information content (AvgIpc) is 3.04. The number of fused-ring (bicyclic) bond motifs is 2. The number of aromatic nitrogens is 1. The minimum Gasteiger partial charge on any atom is -0.497 e. The summed E-state index contributed by atoms with van der Waals surface area (Å²) >= 11 is 0. The predicted molar refractivity (Wildman–Crippen MR) is 116 cm³/mol. The lowest BCUT2D eigenvalue weighted by Gasteiger charge is -2.35. The van der Waals surface area contributed by atoms with Crippen LogP contribution in [0.5, 0.6) is 5.75 Å². The number of benzene rings is 1. The quantitative estimate of drug-likeness (QED) is 0.808. The Morgan fingerprint density at radius 3 is 2.32 bits per heavy atom. The minimum atomic E-state index is 0. The Labute approximate surface area is 178 Å². The molecule has 1 amide bonds. The van der Waals surface area contributed by atoms with Gasteiger partial charge in [0.05, 0.1) is 12.7 Å². The van der Waals surface area contributed by atoms with E-state index in [-0.39, 0.29) is 30.7 Å². The van der Waals surface area contributed by atoms with Crippen molar-refractivity contribution < 1.29 is 9.53 Å². The van der Waals surface area contributed by atoms with Crippen LogP contribution in [-0.4, -0.2) is 48.1 Å². The number of carbonyl (C=O) groups excluding carboxylic acids is 1. The molecule has 0 spiro atoms. The lowest BCUT2D eigenvalue weighted by atomic mass is 9.97. The van der Waals surface area contributed by atoms with E-state index in [4.69, 9.17) is 4.74 Å². The molecule has 28 heavy (non-hydrogen) atoms. The molecule has 2 aromatic rings. The highest BCUT2D eigenvalue weighted by Crippen LogP contribution is 2.30. The largest absolute Gasteiger partial charge is 0.497 e. The lowest BCUT2D eigenvalue weighted by molar-refractivity contribution is 0.0681. The van der Waals surface area contributed by atoms with E-state index in [2.05, 4.69) is 10.3 Å². The monoisotopic (exact) mass is 423 g/mol. The Bertz CT molecular complexity index is 788. The Morgan fingerprint density at radius 1 is 1.07 bits per heavy atom. The molecule has 7 heteroatoms. The molecule has 1 aromatic carbocycles. The molecule has 0 saturated carbocycles. The molecule has 1 aromatic heterocycles. The van der Waals surface area contributed by atoms with Crippen molar-refractivity contribution in [1.29, 1.82) is 0 Å². The summed E-state index contributed by atoms with van der Waals surface area (Å²) in [6, 6.07) is 11.2. The number of methoxy groups -OCH3 is 1. The maximum atomic E-state index is 13.0. The number of carbonyl (C=O) groups is 1. The average molecular weight is 424 g/mol. The first-order valence-corrected chi connectivity index (χ1v) is 9.26. The molecular formula is C21H27Cl2N3O2. The highest BCUT2D eigenvalue weighted by molar-refractivity contribution is 5.95. The molecular weight excluding hydrogens is 397 g/mol. The molecule has 2 saturated heterocycles. The molecule has 4 rings (SSSR count). The van der Waals surface area contributed by atoms with E-state index in [1.54, 1.807) is 19.5 Å². The lowest BCUT2D eigenvalue weighted by Crippen LogP contribution is -2.48. The van der Waals surface area contributed by atoms with Gasteiger partial charge in [-0.05, 0) is 49.4 Å². The number of piperidine rings is 1. The Hall–Kier alpha value is -1.82. The van der Waals surface area contributed by atoms with E-state index in [0.717, 1.165) is 29.7 Å². The van der Waals surface area contributed by atoms with Crippen molar-refractivity contribution in [2.75, 3.05) is 14.2 Å². The molecule has 0 aliphatic carbocycles. The van der Waals surface area contributed by atoms with Crippen molar-refractivity contribution in [2.45, 2.75) is 43.8 Å². The third-order valence-electron chi connectivity index (χ3n) is 5.72. The van der Waals surface area contributed by atoms with Crippen molar-refractivity contribution in [2.24, 2.45) is 0 Å². The first kappa shape index (κ1) is 22.5. The van der Waals surface area contributed by atoms with Gasteiger partial charge >= 0.3 is 0 Å². The summed E-state index contributed by atoms with van der Waals surface area (Å²) in [6.07, 6.45) is 8.02. The number of nitrogens with one attached hydrogen (secondary N) is 1. The highest BCUT2D eigenvalue weighted by atomic mass is 35.5. The number of hydrogen-bond donors (Lipinski definition) is 1. The molecule has 0 radical (unpaired) electrons. The zero-order valence-electron chi connectivity index (χ0n) is 16.1. The van der Waals surface area contributed by atoms with E-state index in [1.165, 1.54) is 12.8 Å². The summed E-state index contributed by atoms with van der Waals surface area (Å²) in [6.45, 7) is 0. The van der Waals surface area contributed by atoms with Crippen LogP contribution in [0.2, 0.25) is 0 Å². The molecule has 1 N–H and O–H groups in total. The van der Waals surface area contributed by atoms with Gasteiger partial charge in [0.25, 0.3) is 5.91 Å². The first-order chi connectivity index (χ1) is 12.6. The third kappa shape index (κ3) is 4.59. The van der Waals surface area contributed by atoms with Gasteiger partial charge in [-0.25, -0.2) is 0 Å². The van der Waals surface area contributed by atoms with Gasteiger partial charge in [0, 0.05) is 43.1 Å². The van der Waals surface area contributed by atoms with Crippen LogP contribution in [0.1, 0.15) is 36.0 Å². The molecule has 3 heterocycles. The second-order valence-electron chi connectivity index (χ2n) is 7.37. The number of rotatable bonds is 4. The fraction of sp³-hybridized carbons (Fsp3) is 0.429. The van der Waals surface area contributed by atoms with Crippen LogP contribution in [0, 0.1) is 0 Å². The van der Waals surface area contributed by atoms with Crippen LogP contribution in [0.3, 0.4) is 0 Å². The molecule has 2 atom stereocenters. The molecule has 5 nitrogen and oxygen atoms in total. The summed E-state index contributed by atoms with van der Waals surface area (Å²) < 4.78 is 5.21. The van der Waals surface area contributed by atoms with Crippen LogP contribution >= 0.6 is 24.8 Å². The summed E-state index contributed by atoms with van der Waals surface area (Å²) in [5, 5.41) is 3.63. The van der Waals surface area contributed by atoms with Crippen molar-refractivity contribution in [3.8, 4) is 16.9 Å². The van der Waals surface area contributed by atoms with Crippen molar-refractivity contribution in [1.82, 2.24) is 15.2 Å². The molecule has 2 fully saturated rings. The fourth-order valence-electron chi connectivity index (χ4n) is 4.21. The fourth-order valence-corrected chi connectivity index (χ4v) is 4.21.